The number of anilines is 2. The Bertz CT molecular complexity index is 1270. The lowest BCUT2D eigenvalue weighted by atomic mass is 9.99. The van der Waals surface area contributed by atoms with Gasteiger partial charge >= 0.3 is 0 Å². The summed E-state index contributed by atoms with van der Waals surface area (Å²) in [6.07, 6.45) is 0. The van der Waals surface area contributed by atoms with E-state index in [0.29, 0.717) is 17.0 Å². The first-order valence-electron chi connectivity index (χ1n) is 9.87. The number of nitrogens with zero attached hydrogens (tertiary/aromatic N) is 1. The van der Waals surface area contributed by atoms with Crippen molar-refractivity contribution in [3.63, 3.8) is 0 Å². The number of imide groups is 1. The Balaban J connectivity index is 1.82. The molecule has 0 aliphatic carbocycles. The van der Waals surface area contributed by atoms with Crippen molar-refractivity contribution < 1.29 is 18.7 Å². The van der Waals surface area contributed by atoms with Gasteiger partial charge in [-0.3, -0.25) is 9.59 Å². The largest absolute Gasteiger partial charge is 0.497 e. The van der Waals surface area contributed by atoms with Crippen LogP contribution in [-0.4, -0.2) is 18.9 Å². The van der Waals surface area contributed by atoms with Gasteiger partial charge in [0.05, 0.1) is 23.4 Å². The molecular formula is C25H20ClFN2O3. The van der Waals surface area contributed by atoms with Gasteiger partial charge in [0, 0.05) is 5.69 Å². The molecule has 3 aromatic rings. The molecule has 0 spiro atoms. The molecule has 0 unspecified atom stereocenters. The Morgan fingerprint density at radius 1 is 0.906 bits per heavy atom. The Labute approximate surface area is 190 Å². The normalized spacial score (nSPS) is 13.7. The van der Waals surface area contributed by atoms with Gasteiger partial charge in [-0.1, -0.05) is 29.8 Å². The monoisotopic (exact) mass is 450 g/mol. The van der Waals surface area contributed by atoms with E-state index in [-0.39, 0.29) is 22.0 Å². The summed E-state index contributed by atoms with van der Waals surface area (Å²) in [5, 5.41) is 2.91. The van der Waals surface area contributed by atoms with Crippen molar-refractivity contribution in [1.29, 1.82) is 0 Å². The Morgan fingerprint density at radius 3 is 2.25 bits per heavy atom. The first-order chi connectivity index (χ1) is 15.3. The molecule has 0 radical (unpaired) electrons. The van der Waals surface area contributed by atoms with E-state index in [2.05, 4.69) is 5.32 Å². The summed E-state index contributed by atoms with van der Waals surface area (Å²) >= 11 is 5.91. The van der Waals surface area contributed by atoms with Crippen LogP contribution in [0.25, 0.3) is 5.57 Å². The van der Waals surface area contributed by atoms with Gasteiger partial charge in [-0.25, -0.2) is 9.29 Å². The molecule has 0 aromatic heterocycles. The number of ether oxygens (including phenoxy) is 1. The molecule has 5 nitrogen and oxygen atoms in total. The summed E-state index contributed by atoms with van der Waals surface area (Å²) in [4.78, 5) is 27.9. The van der Waals surface area contributed by atoms with Crippen molar-refractivity contribution >= 4 is 40.4 Å². The molecule has 0 bridgehead atoms. The summed E-state index contributed by atoms with van der Waals surface area (Å²) in [6.45, 7) is 3.91. The number of methoxy groups -OCH3 is 1. The second-order valence-electron chi connectivity index (χ2n) is 7.45. The SMILES string of the molecule is COc1ccc(NC2=C(c3ccc(C)c(C)c3)C(=O)N(c3ccc(F)c(Cl)c3)C2=O)cc1. The van der Waals surface area contributed by atoms with Gasteiger partial charge in [0.1, 0.15) is 17.3 Å². The lowest BCUT2D eigenvalue weighted by Gasteiger charge is -2.16. The van der Waals surface area contributed by atoms with Gasteiger partial charge in [0.25, 0.3) is 11.8 Å². The topological polar surface area (TPSA) is 58.6 Å². The molecule has 3 aromatic carbocycles. The second-order valence-corrected chi connectivity index (χ2v) is 7.85. The quantitative estimate of drug-likeness (QED) is 0.521. The molecule has 4 rings (SSSR count). The van der Waals surface area contributed by atoms with E-state index in [1.165, 1.54) is 12.1 Å². The molecule has 0 saturated heterocycles. The molecule has 0 saturated carbocycles. The van der Waals surface area contributed by atoms with Crippen LogP contribution in [0.5, 0.6) is 5.75 Å². The van der Waals surface area contributed by atoms with Crippen LogP contribution in [0.15, 0.2) is 66.4 Å². The Kier molecular flexibility index (Phi) is 5.72. The lowest BCUT2D eigenvalue weighted by Crippen LogP contribution is -2.32. The van der Waals surface area contributed by atoms with Crippen molar-refractivity contribution in [3.8, 4) is 5.75 Å². The van der Waals surface area contributed by atoms with E-state index in [9.17, 15) is 14.0 Å². The maximum absolute atomic E-state index is 13.7. The molecule has 162 valence electrons. The van der Waals surface area contributed by atoms with Crippen molar-refractivity contribution in [2.24, 2.45) is 0 Å². The van der Waals surface area contributed by atoms with Crippen molar-refractivity contribution in [2.45, 2.75) is 13.8 Å². The highest BCUT2D eigenvalue weighted by Crippen LogP contribution is 2.35. The molecule has 0 fully saturated rings. The van der Waals surface area contributed by atoms with Crippen LogP contribution < -0.4 is 15.0 Å². The van der Waals surface area contributed by atoms with E-state index in [4.69, 9.17) is 16.3 Å². The molecule has 2 amide bonds. The summed E-state index contributed by atoms with van der Waals surface area (Å²) in [5.41, 5.74) is 3.83. The van der Waals surface area contributed by atoms with Crippen molar-refractivity contribution in [3.05, 3.63) is 93.9 Å². The maximum Gasteiger partial charge on any atom is 0.282 e. The minimum Gasteiger partial charge on any atom is -0.497 e. The number of carbonyl (C=O) groups excluding carboxylic acids is 2. The van der Waals surface area contributed by atoms with Gasteiger partial charge in [0.15, 0.2) is 0 Å². The highest BCUT2D eigenvalue weighted by atomic mass is 35.5. The second kappa shape index (κ2) is 8.48. The van der Waals surface area contributed by atoms with Crippen LogP contribution in [0, 0.1) is 19.7 Å². The number of nitrogens with one attached hydrogen (secondary N) is 1. The summed E-state index contributed by atoms with van der Waals surface area (Å²) in [6, 6.07) is 16.3. The highest BCUT2D eigenvalue weighted by molar-refractivity contribution is 6.46. The van der Waals surface area contributed by atoms with E-state index >= 15 is 0 Å². The predicted molar refractivity (Wildman–Crippen MR) is 123 cm³/mol. The maximum atomic E-state index is 13.7. The van der Waals surface area contributed by atoms with Crippen molar-refractivity contribution in [2.75, 3.05) is 17.3 Å². The van der Waals surface area contributed by atoms with Gasteiger partial charge in [-0.15, -0.1) is 0 Å². The number of halogens is 2. The van der Waals surface area contributed by atoms with E-state index in [1.807, 2.05) is 26.0 Å². The lowest BCUT2D eigenvalue weighted by molar-refractivity contribution is -0.120. The Hall–Kier alpha value is -3.64. The smallest absolute Gasteiger partial charge is 0.282 e. The highest BCUT2D eigenvalue weighted by Gasteiger charge is 2.40. The molecule has 1 aliphatic rings. The number of carbonyl (C=O) groups is 2. The number of hydrogen-bond donors (Lipinski definition) is 1. The molecule has 0 atom stereocenters. The molecule has 32 heavy (non-hydrogen) atoms. The van der Waals surface area contributed by atoms with Gasteiger partial charge in [0.2, 0.25) is 0 Å². The standard InChI is InChI=1S/C25H20ClFN2O3/c1-14-4-5-16(12-15(14)2)22-23(28-17-6-9-19(32-3)10-7-17)25(31)29(24(22)30)18-8-11-21(27)20(26)13-18/h4-13,28H,1-3H3. The van der Waals surface area contributed by atoms with E-state index in [0.717, 1.165) is 22.1 Å². The zero-order chi connectivity index (χ0) is 23.0. The Morgan fingerprint density at radius 2 is 1.62 bits per heavy atom. The third-order valence-corrected chi connectivity index (χ3v) is 5.69. The van der Waals surface area contributed by atoms with Gasteiger partial charge in [-0.2, -0.15) is 0 Å². The predicted octanol–water partition coefficient (Wildman–Crippen LogP) is 5.50. The van der Waals surface area contributed by atoms with E-state index < -0.39 is 17.6 Å². The van der Waals surface area contributed by atoms with Crippen LogP contribution in [0.2, 0.25) is 5.02 Å². The van der Waals surface area contributed by atoms with Crippen LogP contribution in [-0.2, 0) is 9.59 Å². The minimum absolute atomic E-state index is 0.129. The van der Waals surface area contributed by atoms with Crippen LogP contribution in [0.4, 0.5) is 15.8 Å². The molecular weight excluding hydrogens is 431 g/mol. The number of benzene rings is 3. The average molecular weight is 451 g/mol. The third-order valence-electron chi connectivity index (χ3n) is 5.40. The van der Waals surface area contributed by atoms with Crippen LogP contribution in [0.3, 0.4) is 0 Å². The molecule has 1 heterocycles. The molecule has 1 aliphatic heterocycles. The summed E-state index contributed by atoms with van der Waals surface area (Å²) < 4.78 is 18.9. The number of amides is 2. The first-order valence-corrected chi connectivity index (χ1v) is 10.2. The fourth-order valence-electron chi connectivity index (χ4n) is 3.49. The minimum atomic E-state index is -0.631. The summed E-state index contributed by atoms with van der Waals surface area (Å²) in [5.74, 6) is -1.04. The third kappa shape index (κ3) is 3.85. The fraction of sp³-hybridized carbons (Fsp3) is 0.120. The molecule has 1 N–H and O–H groups in total. The zero-order valence-electron chi connectivity index (χ0n) is 17.7. The first kappa shape index (κ1) is 21.6. The van der Waals surface area contributed by atoms with E-state index in [1.54, 1.807) is 37.4 Å². The number of hydrogen-bond acceptors (Lipinski definition) is 4. The van der Waals surface area contributed by atoms with Crippen LogP contribution >= 0.6 is 11.6 Å². The average Bonchev–Trinajstić information content (AvgIpc) is 3.02. The fourth-order valence-corrected chi connectivity index (χ4v) is 3.66. The zero-order valence-corrected chi connectivity index (χ0v) is 18.5. The summed E-state index contributed by atoms with van der Waals surface area (Å²) in [7, 11) is 1.56. The number of aryl methyl sites for hydroxylation is 2. The molecule has 7 heteroatoms. The van der Waals surface area contributed by atoms with Gasteiger partial charge < -0.3 is 10.1 Å². The number of rotatable bonds is 5. The van der Waals surface area contributed by atoms with Gasteiger partial charge in [-0.05, 0) is 73.0 Å². The van der Waals surface area contributed by atoms with Crippen LogP contribution in [0.1, 0.15) is 16.7 Å². The van der Waals surface area contributed by atoms with Crippen molar-refractivity contribution in [1.82, 2.24) is 0 Å².